The van der Waals surface area contributed by atoms with Crippen LogP contribution in [0.5, 0.6) is 0 Å². The molecule has 2 aromatic rings. The average molecular weight is 245 g/mol. The molecule has 0 amide bonds. The van der Waals surface area contributed by atoms with E-state index < -0.39 is 0 Å². The number of halogens is 2. The zero-order valence-corrected chi connectivity index (χ0v) is 10.1. The molecule has 1 aromatic heterocycles. The van der Waals surface area contributed by atoms with Crippen LogP contribution < -0.4 is 18.1 Å². The average Bonchev–Trinajstić information content (AvgIpc) is 2.49. The highest BCUT2D eigenvalue weighted by atomic mass is 35.5. The van der Waals surface area contributed by atoms with Crippen LogP contribution in [0.4, 0.5) is 0 Å². The van der Waals surface area contributed by atoms with Crippen LogP contribution in [0.25, 0.3) is 10.9 Å². The molecule has 4 N–H and O–H groups in total. The third-order valence-corrected chi connectivity index (χ3v) is 2.62. The van der Waals surface area contributed by atoms with Gasteiger partial charge in [0.05, 0.1) is 11.1 Å². The monoisotopic (exact) mass is 244 g/mol. The normalized spacial score (nSPS) is 12.5. The number of aromatic amines is 1. The van der Waals surface area contributed by atoms with Gasteiger partial charge < -0.3 is 23.1 Å². The standard InChI is InChI=1S/C11H13ClN2.ClH/c1-7(13)5-8-6-14-10-4-2-3-9(12)11(8)10;/h2-4,6-7,14H,5,13H2,1H3;1H. The molecule has 0 spiro atoms. The number of H-pyrrole nitrogens is 1. The lowest BCUT2D eigenvalue weighted by Gasteiger charge is -2.01. The molecule has 0 saturated carbocycles. The fourth-order valence-corrected chi connectivity index (χ4v) is 2.04. The van der Waals surface area contributed by atoms with Gasteiger partial charge in [-0.1, -0.05) is 17.7 Å². The molecule has 2 nitrogen and oxygen atoms in total. The van der Waals surface area contributed by atoms with Crippen molar-refractivity contribution in [2.45, 2.75) is 19.4 Å². The van der Waals surface area contributed by atoms with E-state index in [9.17, 15) is 0 Å². The van der Waals surface area contributed by atoms with Crippen molar-refractivity contribution >= 4 is 22.5 Å². The Balaban J connectivity index is 0.00000112. The maximum Gasteiger partial charge on any atom is 0.0856 e. The summed E-state index contributed by atoms with van der Waals surface area (Å²) in [6.45, 7) is 2.11. The molecule has 0 saturated heterocycles. The van der Waals surface area contributed by atoms with Crippen LogP contribution in [0.15, 0.2) is 24.4 Å². The number of fused-ring (bicyclic) bond motifs is 1. The van der Waals surface area contributed by atoms with E-state index in [1.165, 1.54) is 5.56 Å². The summed E-state index contributed by atoms with van der Waals surface area (Å²) < 4.78 is 0. The molecule has 0 radical (unpaired) electrons. The van der Waals surface area contributed by atoms with Crippen molar-refractivity contribution < 1.29 is 18.1 Å². The first-order valence-corrected chi connectivity index (χ1v) is 5.14. The van der Waals surface area contributed by atoms with Gasteiger partial charge in [0, 0.05) is 23.5 Å². The van der Waals surface area contributed by atoms with Crippen LogP contribution in [0, 0.1) is 0 Å². The van der Waals surface area contributed by atoms with Crippen molar-refractivity contribution in [1.82, 2.24) is 4.98 Å². The van der Waals surface area contributed by atoms with Gasteiger partial charge >= 0.3 is 0 Å². The Morgan fingerprint density at radius 1 is 1.47 bits per heavy atom. The van der Waals surface area contributed by atoms with Gasteiger partial charge in [-0.3, -0.25) is 0 Å². The summed E-state index contributed by atoms with van der Waals surface area (Å²) in [6, 6.07) is 6.33. The molecule has 1 atom stereocenters. The van der Waals surface area contributed by atoms with Gasteiger partial charge in [0.2, 0.25) is 0 Å². The number of aromatic nitrogens is 1. The predicted molar refractivity (Wildman–Crippen MR) is 59.4 cm³/mol. The molecule has 1 unspecified atom stereocenters. The summed E-state index contributed by atoms with van der Waals surface area (Å²) in [5.41, 5.74) is 6.36. The molecule has 4 heteroatoms. The Kier molecular flexibility index (Phi) is 4.03. The Hall–Kier alpha value is -0.700. The Morgan fingerprint density at radius 2 is 2.20 bits per heavy atom. The lowest BCUT2D eigenvalue weighted by atomic mass is 10.1. The minimum absolute atomic E-state index is 0. The largest absolute Gasteiger partial charge is 1.00 e. The highest BCUT2D eigenvalue weighted by Gasteiger charge is 2.09. The third-order valence-electron chi connectivity index (χ3n) is 2.31. The number of nitrogens with one attached hydrogen (secondary N) is 1. The molecule has 0 aliphatic rings. The number of benzene rings is 1. The van der Waals surface area contributed by atoms with E-state index in [2.05, 4.69) is 17.6 Å². The van der Waals surface area contributed by atoms with Gasteiger partial charge in [-0.15, -0.1) is 0 Å². The molecule has 0 bridgehead atoms. The third kappa shape index (κ3) is 2.46. The molecule has 15 heavy (non-hydrogen) atoms. The quantitative estimate of drug-likeness (QED) is 0.681. The van der Waals surface area contributed by atoms with E-state index in [0.717, 1.165) is 22.3 Å². The number of hydrogen-bond donors (Lipinski definition) is 2. The first kappa shape index (κ1) is 12.4. The van der Waals surface area contributed by atoms with Crippen LogP contribution in [0.2, 0.25) is 5.02 Å². The lowest BCUT2D eigenvalue weighted by Crippen LogP contribution is -3.00. The fraction of sp³-hybridized carbons (Fsp3) is 0.273. The molecular formula is C11H14Cl2N2. The first-order valence-electron chi connectivity index (χ1n) is 4.76. The topological polar surface area (TPSA) is 43.4 Å². The van der Waals surface area contributed by atoms with Crippen molar-refractivity contribution in [2.75, 3.05) is 0 Å². The Morgan fingerprint density at radius 3 is 2.87 bits per heavy atom. The smallest absolute Gasteiger partial charge is 0.0856 e. The van der Waals surface area contributed by atoms with Crippen molar-refractivity contribution in [1.29, 1.82) is 0 Å². The zero-order valence-electron chi connectivity index (χ0n) is 8.56. The maximum atomic E-state index is 6.15. The van der Waals surface area contributed by atoms with Crippen molar-refractivity contribution in [3.63, 3.8) is 0 Å². The van der Waals surface area contributed by atoms with Gasteiger partial charge in [-0.2, -0.15) is 0 Å². The fourth-order valence-electron chi connectivity index (χ4n) is 1.74. The molecule has 0 aliphatic heterocycles. The highest BCUT2D eigenvalue weighted by molar-refractivity contribution is 6.35. The zero-order chi connectivity index (χ0) is 10.1. The van der Waals surface area contributed by atoms with E-state index in [0.29, 0.717) is 6.04 Å². The molecule has 0 aliphatic carbocycles. The van der Waals surface area contributed by atoms with Crippen LogP contribution in [0.1, 0.15) is 12.5 Å². The Labute approximate surface area is 100 Å². The van der Waals surface area contributed by atoms with Crippen molar-refractivity contribution in [2.24, 2.45) is 0 Å². The minimum Gasteiger partial charge on any atom is -1.00 e. The maximum absolute atomic E-state index is 6.15. The molecular weight excluding hydrogens is 231 g/mol. The summed E-state index contributed by atoms with van der Waals surface area (Å²) in [7, 11) is 0. The van der Waals surface area contributed by atoms with Crippen LogP contribution in [-0.4, -0.2) is 11.0 Å². The second-order valence-corrected chi connectivity index (χ2v) is 4.19. The Bertz CT molecular complexity index is 449. The van der Waals surface area contributed by atoms with E-state index >= 15 is 0 Å². The van der Waals surface area contributed by atoms with E-state index in [1.54, 1.807) is 0 Å². The summed E-state index contributed by atoms with van der Waals surface area (Å²) in [4.78, 5) is 3.22. The van der Waals surface area contributed by atoms with Gasteiger partial charge in [-0.25, -0.2) is 0 Å². The van der Waals surface area contributed by atoms with Gasteiger partial charge in [-0.05, 0) is 24.6 Å². The van der Waals surface area contributed by atoms with Crippen LogP contribution in [-0.2, 0) is 6.42 Å². The van der Waals surface area contributed by atoms with Crippen molar-refractivity contribution in [3.05, 3.63) is 35.0 Å². The summed E-state index contributed by atoms with van der Waals surface area (Å²) in [6.07, 6.45) is 2.99. The first-order chi connectivity index (χ1) is 6.68. The molecule has 1 heterocycles. The molecule has 0 fully saturated rings. The summed E-state index contributed by atoms with van der Waals surface area (Å²) in [5, 5.41) is 1.96. The predicted octanol–water partition coefficient (Wildman–Crippen LogP) is -1.00. The second-order valence-electron chi connectivity index (χ2n) is 3.79. The van der Waals surface area contributed by atoms with Gasteiger partial charge in [0.15, 0.2) is 0 Å². The van der Waals surface area contributed by atoms with E-state index in [1.807, 2.05) is 24.4 Å². The lowest BCUT2D eigenvalue weighted by molar-refractivity contribution is -0.413. The number of rotatable bonds is 2. The molecule has 82 valence electrons. The summed E-state index contributed by atoms with van der Waals surface area (Å²) in [5.74, 6) is 0. The molecule has 1 aromatic carbocycles. The molecule has 2 rings (SSSR count). The van der Waals surface area contributed by atoms with E-state index in [-0.39, 0.29) is 12.4 Å². The summed E-state index contributed by atoms with van der Waals surface area (Å²) >= 11 is 6.15. The van der Waals surface area contributed by atoms with Crippen molar-refractivity contribution in [3.8, 4) is 0 Å². The number of quaternary nitrogens is 1. The van der Waals surface area contributed by atoms with Crippen LogP contribution in [0.3, 0.4) is 0 Å². The highest BCUT2D eigenvalue weighted by Crippen LogP contribution is 2.26. The number of hydrogen-bond acceptors (Lipinski definition) is 0. The van der Waals surface area contributed by atoms with Crippen LogP contribution >= 0.6 is 11.6 Å². The van der Waals surface area contributed by atoms with Gasteiger partial charge in [0.1, 0.15) is 0 Å². The second kappa shape index (κ2) is 4.88. The van der Waals surface area contributed by atoms with E-state index in [4.69, 9.17) is 11.6 Å². The SMILES string of the molecule is CC([NH3+])Cc1c[nH]c2cccc(Cl)c12.[Cl-]. The minimum atomic E-state index is 0. The van der Waals surface area contributed by atoms with Gasteiger partial charge in [0.25, 0.3) is 0 Å².